The van der Waals surface area contributed by atoms with Crippen molar-refractivity contribution in [3.8, 4) is 0 Å². The summed E-state index contributed by atoms with van der Waals surface area (Å²) in [5.41, 5.74) is 7.48. The summed E-state index contributed by atoms with van der Waals surface area (Å²) in [6.45, 7) is 3.35. The molecule has 1 fully saturated rings. The highest BCUT2D eigenvalue weighted by Crippen LogP contribution is 2.46. The van der Waals surface area contributed by atoms with Crippen LogP contribution in [0, 0.1) is 5.41 Å². The Labute approximate surface area is 112 Å². The van der Waals surface area contributed by atoms with E-state index in [4.69, 9.17) is 5.73 Å². The van der Waals surface area contributed by atoms with E-state index >= 15 is 0 Å². The third kappa shape index (κ3) is 1.96. The Balaban J connectivity index is 1.95. The van der Waals surface area contributed by atoms with Gasteiger partial charge in [-0.25, -0.2) is 0 Å². The second-order valence-corrected chi connectivity index (χ2v) is 5.36. The molecule has 1 aliphatic rings. The van der Waals surface area contributed by atoms with Crippen LogP contribution >= 0.6 is 0 Å². The van der Waals surface area contributed by atoms with Gasteiger partial charge in [0, 0.05) is 23.9 Å². The van der Waals surface area contributed by atoms with E-state index in [1.807, 2.05) is 22.9 Å². The number of hydrogen-bond donors (Lipinski definition) is 1. The van der Waals surface area contributed by atoms with Crippen molar-refractivity contribution in [2.45, 2.75) is 32.7 Å². The molecule has 1 aromatic heterocycles. The van der Waals surface area contributed by atoms with E-state index < -0.39 is 0 Å². The lowest BCUT2D eigenvalue weighted by atomic mass is 9.96. The predicted molar refractivity (Wildman–Crippen MR) is 74.8 cm³/mol. The molecule has 0 amide bonds. The van der Waals surface area contributed by atoms with E-state index in [9.17, 15) is 4.79 Å². The first-order valence-corrected chi connectivity index (χ1v) is 6.88. The summed E-state index contributed by atoms with van der Waals surface area (Å²) in [6, 6.07) is 8.09. The molecule has 4 heteroatoms. The van der Waals surface area contributed by atoms with E-state index in [1.165, 1.54) is 0 Å². The quantitative estimate of drug-likeness (QED) is 0.890. The fourth-order valence-corrected chi connectivity index (χ4v) is 2.66. The average Bonchev–Trinajstić information content (AvgIpc) is 3.18. The predicted octanol–water partition coefficient (Wildman–Crippen LogP) is 1.91. The van der Waals surface area contributed by atoms with Crippen LogP contribution in [0.3, 0.4) is 0 Å². The number of nitrogens with two attached hydrogens (primary N) is 1. The zero-order valence-electron chi connectivity index (χ0n) is 11.2. The summed E-state index contributed by atoms with van der Waals surface area (Å²) < 4.78 is 1.96. The first-order chi connectivity index (χ1) is 9.20. The highest BCUT2D eigenvalue weighted by atomic mass is 16.1. The van der Waals surface area contributed by atoms with Crippen LogP contribution in [-0.2, 0) is 17.8 Å². The zero-order valence-corrected chi connectivity index (χ0v) is 11.2. The van der Waals surface area contributed by atoms with Gasteiger partial charge in [0.05, 0.1) is 17.6 Å². The van der Waals surface area contributed by atoms with Gasteiger partial charge in [0.25, 0.3) is 0 Å². The van der Waals surface area contributed by atoms with Crippen LogP contribution in [0.25, 0.3) is 10.9 Å². The molecule has 1 saturated carbocycles. The van der Waals surface area contributed by atoms with Gasteiger partial charge in [0.1, 0.15) is 5.78 Å². The molecule has 1 aromatic carbocycles. The molecule has 1 aliphatic carbocycles. The molecule has 3 rings (SSSR count). The number of rotatable bonds is 5. The average molecular weight is 257 g/mol. The van der Waals surface area contributed by atoms with E-state index in [0.29, 0.717) is 13.0 Å². The molecule has 0 unspecified atom stereocenters. The Morgan fingerprint density at radius 1 is 1.42 bits per heavy atom. The van der Waals surface area contributed by atoms with Crippen molar-refractivity contribution in [3.63, 3.8) is 0 Å². The minimum absolute atomic E-state index is 0.239. The molecular formula is C15H19N3O. The molecule has 0 spiro atoms. The lowest BCUT2D eigenvalue weighted by molar-refractivity contribution is -0.123. The number of carbonyl (C=O) groups excluding carboxylic acids is 1. The van der Waals surface area contributed by atoms with Crippen molar-refractivity contribution in [2.24, 2.45) is 11.1 Å². The monoisotopic (exact) mass is 257 g/mol. The fraction of sp³-hybridized carbons (Fsp3) is 0.467. The van der Waals surface area contributed by atoms with Crippen molar-refractivity contribution < 1.29 is 4.79 Å². The second-order valence-electron chi connectivity index (χ2n) is 5.36. The van der Waals surface area contributed by atoms with Crippen LogP contribution in [0.1, 0.15) is 25.5 Å². The molecule has 2 aromatic rings. The van der Waals surface area contributed by atoms with Crippen LogP contribution in [0.2, 0.25) is 0 Å². The van der Waals surface area contributed by atoms with Crippen molar-refractivity contribution in [1.29, 1.82) is 0 Å². The van der Waals surface area contributed by atoms with Gasteiger partial charge in [0.2, 0.25) is 0 Å². The lowest BCUT2D eigenvalue weighted by Crippen LogP contribution is -2.26. The number of ketones is 1. The van der Waals surface area contributed by atoms with Crippen molar-refractivity contribution in [3.05, 3.63) is 30.0 Å². The van der Waals surface area contributed by atoms with Gasteiger partial charge in [-0.3, -0.25) is 9.48 Å². The van der Waals surface area contributed by atoms with Crippen molar-refractivity contribution in [1.82, 2.24) is 9.78 Å². The van der Waals surface area contributed by atoms with E-state index in [-0.39, 0.29) is 11.2 Å². The molecule has 0 bridgehead atoms. The highest BCUT2D eigenvalue weighted by Gasteiger charge is 2.47. The minimum Gasteiger partial charge on any atom is -0.329 e. The Kier molecular flexibility index (Phi) is 2.90. The van der Waals surface area contributed by atoms with Gasteiger partial charge < -0.3 is 5.73 Å². The van der Waals surface area contributed by atoms with Gasteiger partial charge in [0.15, 0.2) is 0 Å². The Morgan fingerprint density at radius 3 is 2.79 bits per heavy atom. The number of aryl methyl sites for hydroxylation is 1. The van der Waals surface area contributed by atoms with Crippen molar-refractivity contribution >= 4 is 16.7 Å². The molecule has 0 saturated heterocycles. The number of carbonyl (C=O) groups is 1. The van der Waals surface area contributed by atoms with Gasteiger partial charge in [-0.2, -0.15) is 5.10 Å². The SMILES string of the molecule is CCn1nc(CC(=O)C2(CN)CC2)c2ccccc21. The standard InChI is InChI=1S/C15H19N3O/c1-2-18-13-6-4-3-5-11(13)12(17-18)9-14(19)15(10-16)7-8-15/h3-6H,2,7-10,16H2,1H3. The number of fused-ring (bicyclic) bond motifs is 1. The van der Waals surface area contributed by atoms with E-state index in [2.05, 4.69) is 18.1 Å². The summed E-state index contributed by atoms with van der Waals surface area (Å²) in [4.78, 5) is 12.3. The maximum atomic E-state index is 12.3. The zero-order chi connectivity index (χ0) is 13.5. The summed E-state index contributed by atoms with van der Waals surface area (Å²) >= 11 is 0. The Morgan fingerprint density at radius 2 is 2.16 bits per heavy atom. The van der Waals surface area contributed by atoms with Gasteiger partial charge in [-0.05, 0) is 25.8 Å². The van der Waals surface area contributed by atoms with Gasteiger partial charge >= 0.3 is 0 Å². The number of aromatic nitrogens is 2. The number of nitrogens with zero attached hydrogens (tertiary/aromatic N) is 2. The molecule has 19 heavy (non-hydrogen) atoms. The fourth-order valence-electron chi connectivity index (χ4n) is 2.66. The molecule has 100 valence electrons. The van der Waals surface area contributed by atoms with E-state index in [1.54, 1.807) is 0 Å². The molecule has 4 nitrogen and oxygen atoms in total. The normalized spacial score (nSPS) is 16.7. The summed E-state index contributed by atoms with van der Waals surface area (Å²) in [5.74, 6) is 0.251. The smallest absolute Gasteiger partial charge is 0.146 e. The van der Waals surface area contributed by atoms with E-state index in [0.717, 1.165) is 36.0 Å². The maximum absolute atomic E-state index is 12.3. The molecule has 1 heterocycles. The third-order valence-electron chi connectivity index (χ3n) is 4.20. The molecule has 0 radical (unpaired) electrons. The van der Waals surface area contributed by atoms with Crippen LogP contribution in [0.4, 0.5) is 0 Å². The number of hydrogen-bond acceptors (Lipinski definition) is 3. The number of benzene rings is 1. The van der Waals surface area contributed by atoms with Crippen molar-refractivity contribution in [2.75, 3.05) is 6.54 Å². The summed E-state index contributed by atoms with van der Waals surface area (Å²) in [5, 5.41) is 5.67. The summed E-state index contributed by atoms with van der Waals surface area (Å²) in [6.07, 6.45) is 2.29. The topological polar surface area (TPSA) is 60.9 Å². The largest absolute Gasteiger partial charge is 0.329 e. The van der Waals surface area contributed by atoms with Crippen LogP contribution < -0.4 is 5.73 Å². The first kappa shape index (κ1) is 12.4. The molecule has 2 N–H and O–H groups in total. The number of Topliss-reactive ketones (excluding diaryl/α,β-unsaturated/α-hetero) is 1. The summed E-state index contributed by atoms with van der Waals surface area (Å²) in [7, 11) is 0. The second kappa shape index (κ2) is 4.46. The Bertz CT molecular complexity index is 625. The third-order valence-corrected chi connectivity index (χ3v) is 4.20. The molecular weight excluding hydrogens is 238 g/mol. The van der Waals surface area contributed by atoms with Gasteiger partial charge in [-0.1, -0.05) is 18.2 Å². The van der Waals surface area contributed by atoms with Crippen LogP contribution in [0.5, 0.6) is 0 Å². The molecule has 0 atom stereocenters. The first-order valence-electron chi connectivity index (χ1n) is 6.88. The highest BCUT2D eigenvalue weighted by molar-refractivity contribution is 5.93. The minimum atomic E-state index is -0.239. The maximum Gasteiger partial charge on any atom is 0.146 e. The number of para-hydroxylation sites is 1. The Hall–Kier alpha value is -1.68. The van der Waals surface area contributed by atoms with Crippen LogP contribution in [0.15, 0.2) is 24.3 Å². The lowest BCUT2D eigenvalue weighted by Gasteiger charge is -2.09. The molecule has 0 aliphatic heterocycles. The van der Waals surface area contributed by atoms with Crippen LogP contribution in [-0.4, -0.2) is 22.1 Å². The van der Waals surface area contributed by atoms with Gasteiger partial charge in [-0.15, -0.1) is 0 Å².